The Bertz CT molecular complexity index is 2350. The fourth-order valence-corrected chi connectivity index (χ4v) is 10.7. The molecule has 0 radical (unpaired) electrons. The number of amides is 2. The lowest BCUT2D eigenvalue weighted by Gasteiger charge is -2.34. The van der Waals surface area contributed by atoms with E-state index in [2.05, 4.69) is 9.97 Å². The van der Waals surface area contributed by atoms with E-state index in [1.165, 1.54) is 35.2 Å². The summed E-state index contributed by atoms with van der Waals surface area (Å²) in [5.41, 5.74) is 6.91. The van der Waals surface area contributed by atoms with Gasteiger partial charge in [-0.25, -0.2) is 37.8 Å². The van der Waals surface area contributed by atoms with Crippen LogP contribution in [-0.2, 0) is 38.7 Å². The van der Waals surface area contributed by atoms with E-state index >= 15 is 0 Å². The van der Waals surface area contributed by atoms with Crippen LogP contribution in [0.3, 0.4) is 0 Å². The Morgan fingerprint density at radius 2 is 0.875 bits per heavy atom. The lowest BCUT2D eigenvalue weighted by atomic mass is 9.98. The van der Waals surface area contributed by atoms with E-state index in [0.717, 1.165) is 0 Å². The quantitative estimate of drug-likeness (QED) is 0.121. The lowest BCUT2D eigenvalue weighted by Crippen LogP contribution is -2.54. The number of nitrogens with zero attached hydrogens (tertiary/aromatic N) is 2. The molecular weight excluding hydrogens is 769 g/mol. The fraction of sp³-hybridized carbons (Fsp3) is 0.263. The summed E-state index contributed by atoms with van der Waals surface area (Å²) in [5, 5.41) is 18.2. The zero-order valence-corrected chi connectivity index (χ0v) is 31.2. The molecule has 0 atom stereocenters. The number of rotatable bonds is 8. The molecule has 4 N–H and O–H groups in total. The van der Waals surface area contributed by atoms with Crippen LogP contribution in [0.1, 0.15) is 25.7 Å². The van der Waals surface area contributed by atoms with Crippen molar-refractivity contribution in [3.8, 4) is 22.9 Å². The van der Waals surface area contributed by atoms with E-state index in [1.54, 1.807) is 36.4 Å². The molecule has 2 aromatic heterocycles. The van der Waals surface area contributed by atoms with E-state index in [1.807, 2.05) is 36.4 Å². The number of fused-ring (bicyclic) bond motifs is 2. The van der Waals surface area contributed by atoms with Crippen LogP contribution in [0.4, 0.5) is 0 Å². The van der Waals surface area contributed by atoms with Crippen molar-refractivity contribution in [3.05, 3.63) is 97.1 Å². The fourth-order valence-electron chi connectivity index (χ4n) is 6.84. The first kappa shape index (κ1) is 38.8. The van der Waals surface area contributed by atoms with Crippen molar-refractivity contribution in [2.24, 2.45) is 0 Å². The van der Waals surface area contributed by atoms with Gasteiger partial charge in [-0.3, -0.25) is 20.0 Å². The number of oxazole rings is 2. The van der Waals surface area contributed by atoms with Crippen molar-refractivity contribution in [2.75, 3.05) is 26.4 Å². The average molecular weight is 805 g/mol. The molecule has 0 saturated carbocycles. The maximum Gasteiger partial charge on any atom is 0.265 e. The molecule has 18 heteroatoms. The van der Waals surface area contributed by atoms with Crippen molar-refractivity contribution in [1.29, 1.82) is 0 Å². The first-order chi connectivity index (χ1) is 27.0. The van der Waals surface area contributed by atoms with Crippen LogP contribution in [0.5, 0.6) is 0 Å². The number of ether oxygens (including phenoxy) is 2. The number of carbonyl (C=O) groups is 2. The van der Waals surface area contributed by atoms with E-state index in [0.29, 0.717) is 45.1 Å². The molecule has 2 aliphatic heterocycles. The first-order valence-electron chi connectivity index (χ1n) is 17.4. The molecule has 0 aliphatic carbocycles. The van der Waals surface area contributed by atoms with E-state index < -0.39 is 41.0 Å². The van der Waals surface area contributed by atoms with E-state index in [9.17, 15) is 26.4 Å². The highest BCUT2D eigenvalue weighted by atomic mass is 32.2. The molecule has 56 heavy (non-hydrogen) atoms. The highest BCUT2D eigenvalue weighted by Gasteiger charge is 2.53. The third-order valence-electron chi connectivity index (χ3n) is 10.1. The molecule has 2 saturated heterocycles. The summed E-state index contributed by atoms with van der Waals surface area (Å²) in [6.07, 6.45) is -0.133. The van der Waals surface area contributed by atoms with Gasteiger partial charge in [-0.1, -0.05) is 24.3 Å². The van der Waals surface area contributed by atoms with Gasteiger partial charge in [-0.2, -0.15) is 0 Å². The topological polar surface area (TPSA) is 237 Å². The molecule has 2 amide bonds. The number of sulfone groups is 2. The van der Waals surface area contributed by atoms with Gasteiger partial charge < -0.3 is 18.3 Å². The molecule has 2 aliphatic rings. The molecule has 4 heterocycles. The summed E-state index contributed by atoms with van der Waals surface area (Å²) >= 11 is 0. The third-order valence-corrected chi connectivity index (χ3v) is 15.1. The molecule has 2 fully saturated rings. The van der Waals surface area contributed by atoms with Crippen LogP contribution >= 0.6 is 0 Å². The zero-order valence-electron chi connectivity index (χ0n) is 29.6. The minimum Gasteiger partial charge on any atom is -0.436 e. The van der Waals surface area contributed by atoms with Crippen molar-refractivity contribution >= 4 is 53.7 Å². The van der Waals surface area contributed by atoms with Gasteiger partial charge in [-0.05, 0) is 98.5 Å². The minimum absolute atomic E-state index is 0.0159. The van der Waals surface area contributed by atoms with Crippen LogP contribution in [0.15, 0.2) is 116 Å². The number of hydrogen-bond donors (Lipinski definition) is 4. The molecule has 0 bridgehead atoms. The van der Waals surface area contributed by atoms with Crippen LogP contribution in [-0.4, -0.2) is 85.0 Å². The van der Waals surface area contributed by atoms with Crippen molar-refractivity contribution in [3.63, 3.8) is 0 Å². The molecule has 6 aromatic rings. The normalized spacial score (nSPS) is 16.8. The van der Waals surface area contributed by atoms with Gasteiger partial charge in [0.15, 0.2) is 40.3 Å². The molecule has 292 valence electrons. The second-order valence-electron chi connectivity index (χ2n) is 13.1. The third kappa shape index (κ3) is 6.84. The van der Waals surface area contributed by atoms with Gasteiger partial charge in [-0.15, -0.1) is 0 Å². The Morgan fingerprint density at radius 1 is 0.536 bits per heavy atom. The summed E-state index contributed by atoms with van der Waals surface area (Å²) in [4.78, 5) is 33.3. The van der Waals surface area contributed by atoms with Gasteiger partial charge in [0.05, 0.1) is 9.79 Å². The van der Waals surface area contributed by atoms with Crippen LogP contribution < -0.4 is 11.0 Å². The minimum atomic E-state index is -4.06. The van der Waals surface area contributed by atoms with Gasteiger partial charge in [0.2, 0.25) is 11.8 Å². The summed E-state index contributed by atoms with van der Waals surface area (Å²) in [7, 11) is -8.12. The first-order valence-corrected chi connectivity index (χ1v) is 20.4. The maximum atomic E-state index is 13.2. The summed E-state index contributed by atoms with van der Waals surface area (Å²) in [6.45, 7) is 0.475. The number of hydroxylamine groups is 2. The summed E-state index contributed by atoms with van der Waals surface area (Å²) < 4.78 is 71.2. The van der Waals surface area contributed by atoms with Crippen LogP contribution in [0, 0.1) is 0 Å². The van der Waals surface area contributed by atoms with Gasteiger partial charge in [0.1, 0.15) is 11.0 Å². The number of aromatic nitrogens is 2. The molecule has 0 spiro atoms. The monoisotopic (exact) mass is 804 g/mol. The SMILES string of the molecule is O=C(NO)C1(S(=O)(=O)c2ccc(-c3nc4ccccc4o3)cc2)CCOCC1.O=C(NO)C1(S(=O)(=O)c2ccc(-c3nc4ccccc4o3)cc2)CCOCC1. The number of carbonyl (C=O) groups excluding carboxylic acids is 2. The van der Waals surface area contributed by atoms with Crippen molar-refractivity contribution in [2.45, 2.75) is 45.0 Å². The molecule has 4 aromatic carbocycles. The Labute approximate surface area is 320 Å². The predicted octanol–water partition coefficient (Wildman–Crippen LogP) is 4.65. The average Bonchev–Trinajstić information content (AvgIpc) is 3.89. The zero-order chi connectivity index (χ0) is 39.6. The molecule has 16 nitrogen and oxygen atoms in total. The number of nitrogens with one attached hydrogen (secondary N) is 2. The van der Waals surface area contributed by atoms with Crippen molar-refractivity contribution < 1.29 is 55.1 Å². The predicted molar refractivity (Wildman–Crippen MR) is 199 cm³/mol. The largest absolute Gasteiger partial charge is 0.436 e. The second-order valence-corrected chi connectivity index (χ2v) is 17.6. The van der Waals surface area contributed by atoms with Gasteiger partial charge >= 0.3 is 0 Å². The van der Waals surface area contributed by atoms with Crippen LogP contribution in [0.2, 0.25) is 0 Å². The van der Waals surface area contributed by atoms with Gasteiger partial charge in [0, 0.05) is 37.6 Å². The highest BCUT2D eigenvalue weighted by molar-refractivity contribution is 7.94. The highest BCUT2D eigenvalue weighted by Crippen LogP contribution is 2.38. The van der Waals surface area contributed by atoms with E-state index in [4.69, 9.17) is 28.7 Å². The Hall–Kier alpha value is -5.50. The molecule has 8 rings (SSSR count). The molecule has 0 unspecified atom stereocenters. The molecular formula is C38H36N4O12S2. The number of benzene rings is 4. The van der Waals surface area contributed by atoms with Gasteiger partial charge in [0.25, 0.3) is 11.8 Å². The maximum absolute atomic E-state index is 13.2. The Morgan fingerprint density at radius 3 is 1.20 bits per heavy atom. The standard InChI is InChI=1S/2C19H18N2O6S/c2*22-18(21-23)19(9-11-26-12-10-19)28(24,25)14-7-5-13(6-8-14)17-20-15-3-1-2-4-16(15)27-17/h2*1-8,23H,9-12H2,(H,21,22). The smallest absolute Gasteiger partial charge is 0.265 e. The summed E-state index contributed by atoms with van der Waals surface area (Å²) in [5.74, 6) is -1.14. The summed E-state index contributed by atoms with van der Waals surface area (Å²) in [6, 6.07) is 26.6. The Balaban J connectivity index is 0.000000172. The van der Waals surface area contributed by atoms with Crippen molar-refractivity contribution in [1.82, 2.24) is 20.9 Å². The van der Waals surface area contributed by atoms with E-state index in [-0.39, 0.29) is 61.9 Å². The lowest BCUT2D eigenvalue weighted by molar-refractivity contribution is -0.135. The number of para-hydroxylation sites is 4. The van der Waals surface area contributed by atoms with Crippen LogP contribution in [0.25, 0.3) is 45.1 Å². The number of hydrogen-bond acceptors (Lipinski definition) is 14. The Kier molecular flexibility index (Phi) is 10.8. The second kappa shape index (κ2) is 15.6.